The maximum Gasteiger partial charge on any atom is 0.318 e. The van der Waals surface area contributed by atoms with Crippen LogP contribution in [0.15, 0.2) is 6.20 Å². The lowest BCUT2D eigenvalue weighted by atomic mass is 9.93. The van der Waals surface area contributed by atoms with Crippen molar-refractivity contribution in [3.63, 3.8) is 0 Å². The predicted molar refractivity (Wildman–Crippen MR) is 53.0 cm³/mol. The maximum absolute atomic E-state index is 11.4. The van der Waals surface area contributed by atoms with E-state index in [-0.39, 0.29) is 5.97 Å². The van der Waals surface area contributed by atoms with Crippen LogP contribution >= 0.6 is 0 Å². The van der Waals surface area contributed by atoms with Crippen LogP contribution in [0.25, 0.3) is 0 Å². The Kier molecular flexibility index (Phi) is 2.93. The lowest BCUT2D eigenvalue weighted by molar-refractivity contribution is -0.146. The Morgan fingerprint density at radius 2 is 2.29 bits per heavy atom. The van der Waals surface area contributed by atoms with Crippen molar-refractivity contribution in [2.24, 2.45) is 0 Å². The first-order valence-electron chi connectivity index (χ1n) is 4.65. The van der Waals surface area contributed by atoms with Crippen LogP contribution in [-0.2, 0) is 21.4 Å². The molecule has 0 aliphatic rings. The average Bonchev–Trinajstić information content (AvgIpc) is 2.65. The molecule has 78 valence electrons. The van der Waals surface area contributed by atoms with Crippen molar-refractivity contribution in [2.75, 3.05) is 7.11 Å². The van der Waals surface area contributed by atoms with Crippen LogP contribution < -0.4 is 0 Å². The highest BCUT2D eigenvalue weighted by Gasteiger charge is 2.33. The van der Waals surface area contributed by atoms with Crippen molar-refractivity contribution in [1.29, 1.82) is 0 Å². The molecule has 1 heterocycles. The number of hydrogen-bond acceptors (Lipinski definition) is 3. The molecule has 0 radical (unpaired) electrons. The molecule has 0 unspecified atom stereocenters. The zero-order chi connectivity index (χ0) is 10.8. The SMILES string of the molecule is CCc1cnc(C(C)(C)C(=O)OC)[nH]1. The van der Waals surface area contributed by atoms with E-state index in [9.17, 15) is 4.79 Å². The second-order valence-electron chi connectivity index (χ2n) is 3.73. The van der Waals surface area contributed by atoms with E-state index in [0.29, 0.717) is 5.82 Å². The molecule has 0 spiro atoms. The molecule has 0 fully saturated rings. The summed E-state index contributed by atoms with van der Waals surface area (Å²) in [7, 11) is 1.38. The molecule has 0 saturated carbocycles. The Balaban J connectivity index is 2.97. The highest BCUT2D eigenvalue weighted by atomic mass is 16.5. The Morgan fingerprint density at radius 1 is 1.64 bits per heavy atom. The summed E-state index contributed by atoms with van der Waals surface area (Å²) in [6.07, 6.45) is 2.63. The molecular weight excluding hydrogens is 180 g/mol. The van der Waals surface area contributed by atoms with Crippen LogP contribution in [0.5, 0.6) is 0 Å². The van der Waals surface area contributed by atoms with E-state index >= 15 is 0 Å². The van der Waals surface area contributed by atoms with Crippen LogP contribution in [0, 0.1) is 0 Å². The van der Waals surface area contributed by atoms with Crippen molar-refractivity contribution < 1.29 is 9.53 Å². The quantitative estimate of drug-likeness (QED) is 0.744. The van der Waals surface area contributed by atoms with Gasteiger partial charge in [0.05, 0.1) is 7.11 Å². The number of nitrogens with one attached hydrogen (secondary N) is 1. The van der Waals surface area contributed by atoms with Crippen molar-refractivity contribution in [3.8, 4) is 0 Å². The van der Waals surface area contributed by atoms with Gasteiger partial charge in [0, 0.05) is 11.9 Å². The number of nitrogens with zero attached hydrogens (tertiary/aromatic N) is 1. The number of carbonyl (C=O) groups is 1. The van der Waals surface area contributed by atoms with Crippen molar-refractivity contribution in [1.82, 2.24) is 9.97 Å². The fourth-order valence-corrected chi connectivity index (χ4v) is 1.21. The molecule has 14 heavy (non-hydrogen) atoms. The van der Waals surface area contributed by atoms with E-state index in [0.717, 1.165) is 12.1 Å². The van der Waals surface area contributed by atoms with Gasteiger partial charge in [0.25, 0.3) is 0 Å². The number of aryl methyl sites for hydroxylation is 1. The molecular formula is C10H16N2O2. The summed E-state index contributed by atoms with van der Waals surface area (Å²) < 4.78 is 4.71. The van der Waals surface area contributed by atoms with Gasteiger partial charge in [-0.15, -0.1) is 0 Å². The standard InChI is InChI=1S/C10H16N2O2/c1-5-7-6-11-8(12-7)10(2,3)9(13)14-4/h6H,5H2,1-4H3,(H,11,12). The number of aromatic amines is 1. The molecule has 1 rings (SSSR count). The lowest BCUT2D eigenvalue weighted by Crippen LogP contribution is -2.31. The van der Waals surface area contributed by atoms with Crippen LogP contribution in [-0.4, -0.2) is 23.0 Å². The lowest BCUT2D eigenvalue weighted by Gasteiger charge is -2.18. The Bertz CT molecular complexity index is 329. The smallest absolute Gasteiger partial charge is 0.318 e. The van der Waals surface area contributed by atoms with Gasteiger partial charge in [0.2, 0.25) is 0 Å². The predicted octanol–water partition coefficient (Wildman–Crippen LogP) is 1.42. The monoisotopic (exact) mass is 196 g/mol. The molecule has 0 aromatic carbocycles. The van der Waals surface area contributed by atoms with Crippen molar-refractivity contribution in [2.45, 2.75) is 32.6 Å². The van der Waals surface area contributed by atoms with Gasteiger partial charge in [0.15, 0.2) is 0 Å². The van der Waals surface area contributed by atoms with Gasteiger partial charge in [-0.1, -0.05) is 6.92 Å². The molecule has 0 saturated heterocycles. The Morgan fingerprint density at radius 3 is 2.71 bits per heavy atom. The zero-order valence-corrected chi connectivity index (χ0v) is 9.05. The largest absolute Gasteiger partial charge is 0.468 e. The second kappa shape index (κ2) is 3.82. The topological polar surface area (TPSA) is 55.0 Å². The van der Waals surface area contributed by atoms with E-state index in [1.807, 2.05) is 6.92 Å². The van der Waals surface area contributed by atoms with Crippen LogP contribution in [0.1, 0.15) is 32.3 Å². The number of ether oxygens (including phenoxy) is 1. The second-order valence-corrected chi connectivity index (χ2v) is 3.73. The molecule has 1 aromatic rings. The number of carbonyl (C=O) groups excluding carboxylic acids is 1. The van der Waals surface area contributed by atoms with E-state index < -0.39 is 5.41 Å². The zero-order valence-electron chi connectivity index (χ0n) is 9.05. The molecule has 4 heteroatoms. The number of methoxy groups -OCH3 is 1. The summed E-state index contributed by atoms with van der Waals surface area (Å²) in [5.41, 5.74) is 0.319. The van der Waals surface area contributed by atoms with E-state index in [1.165, 1.54) is 7.11 Å². The van der Waals surface area contributed by atoms with Crippen LogP contribution in [0.2, 0.25) is 0 Å². The molecule has 0 amide bonds. The molecule has 1 N–H and O–H groups in total. The van der Waals surface area contributed by atoms with Gasteiger partial charge < -0.3 is 9.72 Å². The van der Waals surface area contributed by atoms with Gasteiger partial charge >= 0.3 is 5.97 Å². The van der Waals surface area contributed by atoms with E-state index in [1.54, 1.807) is 20.0 Å². The minimum atomic E-state index is -0.706. The highest BCUT2D eigenvalue weighted by molar-refractivity contribution is 5.80. The number of hydrogen-bond donors (Lipinski definition) is 1. The third kappa shape index (κ3) is 1.78. The third-order valence-corrected chi connectivity index (χ3v) is 2.30. The normalized spacial score (nSPS) is 11.4. The molecule has 0 aliphatic carbocycles. The van der Waals surface area contributed by atoms with E-state index in [4.69, 9.17) is 4.74 Å². The fraction of sp³-hybridized carbons (Fsp3) is 0.600. The van der Waals surface area contributed by atoms with Gasteiger partial charge in [-0.05, 0) is 20.3 Å². The summed E-state index contributed by atoms with van der Waals surface area (Å²) in [6, 6.07) is 0. The number of imidazole rings is 1. The fourth-order valence-electron chi connectivity index (χ4n) is 1.21. The third-order valence-electron chi connectivity index (χ3n) is 2.30. The summed E-state index contributed by atoms with van der Waals surface area (Å²) in [6.45, 7) is 5.61. The first-order chi connectivity index (χ1) is 6.52. The van der Waals surface area contributed by atoms with E-state index in [2.05, 4.69) is 9.97 Å². The molecule has 0 aliphatic heterocycles. The minimum Gasteiger partial charge on any atom is -0.468 e. The van der Waals surface area contributed by atoms with Crippen molar-refractivity contribution >= 4 is 5.97 Å². The van der Waals surface area contributed by atoms with Gasteiger partial charge in [-0.25, -0.2) is 4.98 Å². The van der Waals surface area contributed by atoms with Gasteiger partial charge in [-0.2, -0.15) is 0 Å². The molecule has 0 bridgehead atoms. The molecule has 4 nitrogen and oxygen atoms in total. The molecule has 0 atom stereocenters. The van der Waals surface area contributed by atoms with Gasteiger partial charge in [0.1, 0.15) is 11.2 Å². The first kappa shape index (κ1) is 10.8. The van der Waals surface area contributed by atoms with Crippen molar-refractivity contribution in [3.05, 3.63) is 17.7 Å². The summed E-state index contributed by atoms with van der Waals surface area (Å²) in [4.78, 5) is 18.7. The highest BCUT2D eigenvalue weighted by Crippen LogP contribution is 2.21. The number of esters is 1. The molecule has 1 aromatic heterocycles. The summed E-state index contributed by atoms with van der Waals surface area (Å²) >= 11 is 0. The van der Waals surface area contributed by atoms with Crippen LogP contribution in [0.4, 0.5) is 0 Å². The average molecular weight is 196 g/mol. The number of rotatable bonds is 3. The summed E-state index contributed by atoms with van der Waals surface area (Å²) in [5, 5.41) is 0. The van der Waals surface area contributed by atoms with Gasteiger partial charge in [-0.3, -0.25) is 4.79 Å². The number of H-pyrrole nitrogens is 1. The Hall–Kier alpha value is -1.32. The summed E-state index contributed by atoms with van der Waals surface area (Å²) in [5.74, 6) is 0.371. The number of aromatic nitrogens is 2. The minimum absolute atomic E-state index is 0.283. The maximum atomic E-state index is 11.4. The van der Waals surface area contributed by atoms with Crippen LogP contribution in [0.3, 0.4) is 0 Å². The Labute approximate surface area is 83.7 Å². The first-order valence-corrected chi connectivity index (χ1v) is 4.65.